The number of carbonyl (C=O) groups excluding carboxylic acids is 2. The lowest BCUT2D eigenvalue weighted by Crippen LogP contribution is -2.40. The van der Waals surface area contributed by atoms with Gasteiger partial charge in [0.15, 0.2) is 6.10 Å². The molecule has 0 fully saturated rings. The summed E-state index contributed by atoms with van der Waals surface area (Å²) in [5, 5.41) is 2.75. The summed E-state index contributed by atoms with van der Waals surface area (Å²) in [7, 11) is 0. The number of ether oxygens (including phenoxy) is 1. The second-order valence-corrected chi connectivity index (χ2v) is 9.55. The van der Waals surface area contributed by atoms with Crippen molar-refractivity contribution in [3.8, 4) is 5.75 Å². The third-order valence-electron chi connectivity index (χ3n) is 6.78. The maximum Gasteiger partial charge on any atom is 0.265 e. The molecular weight excluding hydrogens is 479 g/mol. The van der Waals surface area contributed by atoms with Gasteiger partial charge >= 0.3 is 0 Å². The van der Waals surface area contributed by atoms with Crippen molar-refractivity contribution in [2.45, 2.75) is 32.4 Å². The van der Waals surface area contributed by atoms with Crippen molar-refractivity contribution in [1.82, 2.24) is 4.90 Å². The van der Waals surface area contributed by atoms with Crippen LogP contribution in [0.1, 0.15) is 45.6 Å². The summed E-state index contributed by atoms with van der Waals surface area (Å²) in [5.41, 5.74) is 5.40. The fourth-order valence-electron chi connectivity index (χ4n) is 4.87. The second kappa shape index (κ2) is 10.9. The number of anilines is 1. The van der Waals surface area contributed by atoms with Gasteiger partial charge in [-0.1, -0.05) is 54.1 Å². The molecular formula is C32H29FN2O3. The topological polar surface area (TPSA) is 58.6 Å². The fraction of sp³-hybridized carbons (Fsp3) is 0.188. The Kier molecular flexibility index (Phi) is 7.22. The van der Waals surface area contributed by atoms with Gasteiger partial charge in [-0.25, -0.2) is 4.39 Å². The number of hydrogen-bond acceptors (Lipinski definition) is 3. The Balaban J connectivity index is 1.44. The van der Waals surface area contributed by atoms with E-state index in [4.69, 9.17) is 4.74 Å². The van der Waals surface area contributed by atoms with Crippen molar-refractivity contribution in [1.29, 1.82) is 0 Å². The molecule has 1 aliphatic heterocycles. The molecule has 2 atom stereocenters. The number of hydrogen-bond donors (Lipinski definition) is 1. The molecule has 0 aliphatic carbocycles. The fourth-order valence-corrected chi connectivity index (χ4v) is 4.87. The van der Waals surface area contributed by atoms with E-state index in [0.29, 0.717) is 23.5 Å². The zero-order chi connectivity index (χ0) is 26.6. The largest absolute Gasteiger partial charge is 0.481 e. The molecule has 38 heavy (non-hydrogen) atoms. The molecule has 4 aromatic rings. The highest BCUT2D eigenvalue weighted by Gasteiger charge is 2.33. The maximum atomic E-state index is 13.6. The SMILES string of the molecule is Cc1cccc([C@H]2c3cc(O[C@@H](C)C(=O)Nc4ccc(F)cc4)ccc3CCN2C(=O)c2ccccc2)c1. The summed E-state index contributed by atoms with van der Waals surface area (Å²) in [6, 6.07) is 28.6. The Hall–Kier alpha value is -4.45. The number of benzene rings is 4. The molecule has 0 spiro atoms. The van der Waals surface area contributed by atoms with Gasteiger partial charge < -0.3 is 15.0 Å². The van der Waals surface area contributed by atoms with Crippen molar-refractivity contribution in [2.24, 2.45) is 0 Å². The lowest BCUT2D eigenvalue weighted by Gasteiger charge is -2.38. The van der Waals surface area contributed by atoms with E-state index >= 15 is 0 Å². The van der Waals surface area contributed by atoms with E-state index in [9.17, 15) is 14.0 Å². The summed E-state index contributed by atoms with van der Waals surface area (Å²) in [5.74, 6) is -0.201. The van der Waals surface area contributed by atoms with Crippen LogP contribution in [0, 0.1) is 12.7 Å². The van der Waals surface area contributed by atoms with Crippen molar-refractivity contribution < 1.29 is 18.7 Å². The monoisotopic (exact) mass is 508 g/mol. The third kappa shape index (κ3) is 5.44. The van der Waals surface area contributed by atoms with E-state index in [-0.39, 0.29) is 23.7 Å². The number of rotatable bonds is 6. The minimum atomic E-state index is -0.791. The van der Waals surface area contributed by atoms with Crippen LogP contribution in [0.5, 0.6) is 5.75 Å². The van der Waals surface area contributed by atoms with Crippen LogP contribution in [0.2, 0.25) is 0 Å². The molecule has 0 bridgehead atoms. The van der Waals surface area contributed by atoms with E-state index in [1.54, 1.807) is 6.92 Å². The van der Waals surface area contributed by atoms with E-state index in [1.165, 1.54) is 24.3 Å². The highest BCUT2D eigenvalue weighted by atomic mass is 19.1. The minimum Gasteiger partial charge on any atom is -0.481 e. The number of nitrogens with zero attached hydrogens (tertiary/aromatic N) is 1. The number of amides is 2. The number of fused-ring (bicyclic) bond motifs is 1. The summed E-state index contributed by atoms with van der Waals surface area (Å²) < 4.78 is 19.2. The Morgan fingerprint density at radius 3 is 2.45 bits per heavy atom. The number of aryl methyl sites for hydroxylation is 1. The molecule has 2 amide bonds. The van der Waals surface area contributed by atoms with Crippen LogP contribution < -0.4 is 10.1 Å². The smallest absolute Gasteiger partial charge is 0.265 e. The molecule has 192 valence electrons. The lowest BCUT2D eigenvalue weighted by atomic mass is 9.87. The summed E-state index contributed by atoms with van der Waals surface area (Å²) in [4.78, 5) is 28.3. The molecule has 0 saturated carbocycles. The molecule has 0 unspecified atom stereocenters. The van der Waals surface area contributed by atoms with Crippen LogP contribution in [-0.4, -0.2) is 29.4 Å². The predicted octanol–water partition coefficient (Wildman–Crippen LogP) is 6.33. The van der Waals surface area contributed by atoms with Gasteiger partial charge in [0.05, 0.1) is 6.04 Å². The molecule has 1 heterocycles. The van der Waals surface area contributed by atoms with Crippen LogP contribution in [0.4, 0.5) is 10.1 Å². The zero-order valence-corrected chi connectivity index (χ0v) is 21.4. The van der Waals surface area contributed by atoms with Gasteiger partial charge in [0.25, 0.3) is 11.8 Å². The average molecular weight is 509 g/mol. The van der Waals surface area contributed by atoms with Gasteiger partial charge in [0.2, 0.25) is 0 Å². The summed E-state index contributed by atoms with van der Waals surface area (Å²) in [6.07, 6.45) is -0.0712. The molecule has 0 aromatic heterocycles. The number of carbonyl (C=O) groups is 2. The Bertz CT molecular complexity index is 1450. The highest BCUT2D eigenvalue weighted by molar-refractivity contribution is 5.95. The third-order valence-corrected chi connectivity index (χ3v) is 6.78. The van der Waals surface area contributed by atoms with Crippen LogP contribution in [0.25, 0.3) is 0 Å². The van der Waals surface area contributed by atoms with Crippen LogP contribution in [0.3, 0.4) is 0 Å². The molecule has 1 aliphatic rings. The first-order valence-corrected chi connectivity index (χ1v) is 12.7. The van der Waals surface area contributed by atoms with Gasteiger partial charge in [-0.05, 0) is 85.5 Å². The second-order valence-electron chi connectivity index (χ2n) is 9.55. The quantitative estimate of drug-likeness (QED) is 0.331. The van der Waals surface area contributed by atoms with Gasteiger partial charge in [-0.15, -0.1) is 0 Å². The number of halogens is 1. The van der Waals surface area contributed by atoms with Gasteiger partial charge in [-0.2, -0.15) is 0 Å². The normalized spacial score (nSPS) is 15.3. The molecule has 0 radical (unpaired) electrons. The molecule has 5 rings (SSSR count). The average Bonchev–Trinajstić information content (AvgIpc) is 2.93. The van der Waals surface area contributed by atoms with Crippen LogP contribution in [0.15, 0.2) is 97.1 Å². The highest BCUT2D eigenvalue weighted by Crippen LogP contribution is 2.38. The first-order chi connectivity index (χ1) is 18.4. The molecule has 1 N–H and O–H groups in total. The van der Waals surface area contributed by atoms with Crippen LogP contribution >= 0.6 is 0 Å². The van der Waals surface area contributed by atoms with Gasteiger partial charge in [0, 0.05) is 17.8 Å². The van der Waals surface area contributed by atoms with Crippen molar-refractivity contribution in [3.05, 3.63) is 131 Å². The first kappa shape index (κ1) is 25.2. The Morgan fingerprint density at radius 2 is 1.71 bits per heavy atom. The molecule has 4 aromatic carbocycles. The first-order valence-electron chi connectivity index (χ1n) is 12.7. The summed E-state index contributed by atoms with van der Waals surface area (Å²) >= 11 is 0. The predicted molar refractivity (Wildman–Crippen MR) is 146 cm³/mol. The minimum absolute atomic E-state index is 0.0267. The van der Waals surface area contributed by atoms with E-state index < -0.39 is 6.10 Å². The van der Waals surface area contributed by atoms with E-state index in [0.717, 1.165) is 28.7 Å². The molecule has 6 heteroatoms. The Labute approximate surface area is 221 Å². The molecule has 0 saturated heterocycles. The van der Waals surface area contributed by atoms with E-state index in [1.807, 2.05) is 78.6 Å². The van der Waals surface area contributed by atoms with Gasteiger partial charge in [-0.3, -0.25) is 9.59 Å². The van der Waals surface area contributed by atoms with Crippen LogP contribution in [-0.2, 0) is 11.2 Å². The Morgan fingerprint density at radius 1 is 0.947 bits per heavy atom. The lowest BCUT2D eigenvalue weighted by molar-refractivity contribution is -0.122. The maximum absolute atomic E-state index is 13.6. The molecule has 5 nitrogen and oxygen atoms in total. The van der Waals surface area contributed by atoms with Crippen molar-refractivity contribution >= 4 is 17.5 Å². The number of nitrogens with one attached hydrogen (secondary N) is 1. The van der Waals surface area contributed by atoms with Crippen molar-refractivity contribution in [3.63, 3.8) is 0 Å². The van der Waals surface area contributed by atoms with E-state index in [2.05, 4.69) is 11.4 Å². The van der Waals surface area contributed by atoms with Crippen molar-refractivity contribution in [2.75, 3.05) is 11.9 Å². The summed E-state index contributed by atoms with van der Waals surface area (Å²) in [6.45, 7) is 4.30. The standard InChI is InChI=1S/C32H29FN2O3/c1-21-7-6-10-25(19-21)30-29-20-28(38-22(2)31(36)34-27-14-12-26(33)13-15-27)16-11-23(29)17-18-35(30)32(37)24-8-4-3-5-9-24/h3-16,19-20,22,30H,17-18H2,1-2H3,(H,34,36)/t22-,30-/m0/s1. The van der Waals surface area contributed by atoms with Gasteiger partial charge in [0.1, 0.15) is 11.6 Å². The zero-order valence-electron chi connectivity index (χ0n) is 21.4.